The van der Waals surface area contributed by atoms with Crippen molar-refractivity contribution >= 4 is 17.9 Å². The minimum Gasteiger partial charge on any atom is -0.446 e. The zero-order valence-electron chi connectivity index (χ0n) is 25.7. The SMILES string of the molecule is C[N+](C)(CCOCCN1CCC(OC(=O)NC(c2ccccc2)c2ccccc2)CC1)CCN1C(=O)c2ccccc2C1=O. The van der Waals surface area contributed by atoms with Gasteiger partial charge >= 0.3 is 6.09 Å². The molecule has 0 saturated carbocycles. The second-order valence-electron chi connectivity index (χ2n) is 12.1. The van der Waals surface area contributed by atoms with Gasteiger partial charge in [0.1, 0.15) is 12.6 Å². The molecule has 0 bridgehead atoms. The van der Waals surface area contributed by atoms with Gasteiger partial charge in [-0.05, 0) is 36.1 Å². The van der Waals surface area contributed by atoms with Crippen LogP contribution < -0.4 is 5.32 Å². The number of imide groups is 1. The van der Waals surface area contributed by atoms with E-state index in [2.05, 4.69) is 24.3 Å². The number of ether oxygens (including phenoxy) is 2. The Hall–Kier alpha value is -4.05. The highest BCUT2D eigenvalue weighted by Crippen LogP contribution is 2.24. The molecule has 0 atom stereocenters. The third kappa shape index (κ3) is 8.11. The third-order valence-corrected chi connectivity index (χ3v) is 8.54. The van der Waals surface area contributed by atoms with Crippen LogP contribution in [0.5, 0.6) is 0 Å². The fourth-order valence-corrected chi connectivity index (χ4v) is 5.74. The highest BCUT2D eigenvalue weighted by molar-refractivity contribution is 6.21. The molecule has 3 amide bonds. The maximum atomic E-state index is 12.9. The normalized spacial score (nSPS) is 15.9. The molecule has 3 aromatic rings. The van der Waals surface area contributed by atoms with E-state index in [0.717, 1.165) is 50.1 Å². The summed E-state index contributed by atoms with van der Waals surface area (Å²) in [6.07, 6.45) is 1.07. The molecule has 0 unspecified atom stereocenters. The Morgan fingerprint density at radius 2 is 1.34 bits per heavy atom. The first kappa shape index (κ1) is 31.4. The summed E-state index contributed by atoms with van der Waals surface area (Å²) in [5, 5.41) is 3.07. The van der Waals surface area contributed by atoms with Crippen LogP contribution in [0.15, 0.2) is 84.9 Å². The Morgan fingerprint density at radius 1 is 0.795 bits per heavy atom. The Kier molecular flexibility index (Phi) is 10.4. The first-order valence-corrected chi connectivity index (χ1v) is 15.4. The van der Waals surface area contributed by atoms with Gasteiger partial charge in [0, 0.05) is 19.6 Å². The molecule has 2 aliphatic heterocycles. The van der Waals surface area contributed by atoms with Gasteiger partial charge in [0.05, 0.1) is 57.6 Å². The van der Waals surface area contributed by atoms with Crippen LogP contribution in [0.4, 0.5) is 4.79 Å². The van der Waals surface area contributed by atoms with E-state index in [-0.39, 0.29) is 24.0 Å². The van der Waals surface area contributed by atoms with Gasteiger partial charge in [-0.2, -0.15) is 0 Å². The molecular formula is C35H43N4O5+. The van der Waals surface area contributed by atoms with Gasteiger partial charge < -0.3 is 24.2 Å². The molecule has 0 radical (unpaired) electrons. The molecule has 0 aliphatic carbocycles. The number of nitrogens with zero attached hydrogens (tertiary/aromatic N) is 3. The summed E-state index contributed by atoms with van der Waals surface area (Å²) in [4.78, 5) is 41.8. The molecule has 9 heteroatoms. The molecule has 9 nitrogen and oxygen atoms in total. The van der Waals surface area contributed by atoms with Crippen LogP contribution in [0.1, 0.15) is 50.7 Å². The van der Waals surface area contributed by atoms with Crippen LogP contribution in [-0.2, 0) is 9.47 Å². The number of quaternary nitrogens is 1. The van der Waals surface area contributed by atoms with Crippen LogP contribution in [0.25, 0.3) is 0 Å². The Balaban J connectivity index is 0.970. The maximum absolute atomic E-state index is 12.9. The number of fused-ring (bicyclic) bond motifs is 1. The number of hydrogen-bond donors (Lipinski definition) is 1. The van der Waals surface area contributed by atoms with Crippen molar-refractivity contribution in [2.45, 2.75) is 25.0 Å². The molecule has 0 spiro atoms. The Labute approximate surface area is 259 Å². The van der Waals surface area contributed by atoms with E-state index in [1.165, 1.54) is 4.90 Å². The zero-order valence-corrected chi connectivity index (χ0v) is 25.7. The monoisotopic (exact) mass is 599 g/mol. The molecular weight excluding hydrogens is 556 g/mol. The lowest BCUT2D eigenvalue weighted by molar-refractivity contribution is -0.889. The van der Waals surface area contributed by atoms with Crippen molar-refractivity contribution in [2.24, 2.45) is 0 Å². The van der Waals surface area contributed by atoms with E-state index >= 15 is 0 Å². The topological polar surface area (TPSA) is 88.2 Å². The molecule has 2 aliphatic rings. The fraction of sp³-hybridized carbons (Fsp3) is 0.400. The smallest absolute Gasteiger partial charge is 0.408 e. The highest BCUT2D eigenvalue weighted by atomic mass is 16.6. The van der Waals surface area contributed by atoms with Crippen molar-refractivity contribution in [3.63, 3.8) is 0 Å². The van der Waals surface area contributed by atoms with Crippen LogP contribution in [-0.4, -0.2) is 105 Å². The van der Waals surface area contributed by atoms with Gasteiger partial charge in [0.25, 0.3) is 11.8 Å². The van der Waals surface area contributed by atoms with E-state index in [9.17, 15) is 14.4 Å². The number of piperidine rings is 1. The average molecular weight is 600 g/mol. The van der Waals surface area contributed by atoms with E-state index in [1.807, 2.05) is 60.7 Å². The maximum Gasteiger partial charge on any atom is 0.408 e. The number of nitrogens with one attached hydrogen (secondary N) is 1. The van der Waals surface area contributed by atoms with Gasteiger partial charge in [0.2, 0.25) is 0 Å². The molecule has 232 valence electrons. The minimum atomic E-state index is -0.395. The van der Waals surface area contributed by atoms with Crippen LogP contribution in [0.2, 0.25) is 0 Å². The molecule has 5 rings (SSSR count). The number of benzene rings is 3. The zero-order chi connectivity index (χ0) is 30.9. The van der Waals surface area contributed by atoms with Crippen molar-refractivity contribution < 1.29 is 28.3 Å². The van der Waals surface area contributed by atoms with Crippen molar-refractivity contribution in [2.75, 3.05) is 66.6 Å². The number of amides is 3. The van der Waals surface area contributed by atoms with E-state index in [4.69, 9.17) is 9.47 Å². The molecule has 44 heavy (non-hydrogen) atoms. The van der Waals surface area contributed by atoms with Gasteiger partial charge in [-0.3, -0.25) is 14.5 Å². The number of likely N-dealkylation sites (N-methyl/N-ethyl adjacent to an activating group) is 1. The predicted molar refractivity (Wildman–Crippen MR) is 168 cm³/mol. The average Bonchev–Trinajstić information content (AvgIpc) is 3.29. The number of hydrogen-bond acceptors (Lipinski definition) is 6. The second kappa shape index (κ2) is 14.6. The molecule has 0 aromatic heterocycles. The van der Waals surface area contributed by atoms with E-state index in [0.29, 0.717) is 41.9 Å². The Morgan fingerprint density at radius 3 is 1.91 bits per heavy atom. The van der Waals surface area contributed by atoms with E-state index in [1.54, 1.807) is 24.3 Å². The third-order valence-electron chi connectivity index (χ3n) is 8.54. The first-order chi connectivity index (χ1) is 21.3. The first-order valence-electron chi connectivity index (χ1n) is 15.4. The molecule has 2 heterocycles. The summed E-state index contributed by atoms with van der Waals surface area (Å²) in [6, 6.07) is 26.6. The number of carbonyl (C=O) groups is 3. The lowest BCUT2D eigenvalue weighted by atomic mass is 9.99. The lowest BCUT2D eigenvalue weighted by Gasteiger charge is -2.32. The summed E-state index contributed by atoms with van der Waals surface area (Å²) < 4.78 is 12.4. The minimum absolute atomic E-state index is 0.111. The highest BCUT2D eigenvalue weighted by Gasteiger charge is 2.36. The summed E-state index contributed by atoms with van der Waals surface area (Å²) in [6.45, 7) is 5.57. The standard InChI is InChI=1S/C35H42N4O5/c1-39(2,23-21-38-33(40)30-15-9-10-16-31(30)34(38)41)24-26-43-25-22-37-19-17-29(18-20-37)44-35(42)36-32(27-11-5-3-6-12-27)28-13-7-4-8-14-28/h3-16,29,32H,17-26H2,1-2H3/p+1. The number of rotatable bonds is 13. The summed E-state index contributed by atoms with van der Waals surface area (Å²) >= 11 is 0. The van der Waals surface area contributed by atoms with Crippen molar-refractivity contribution in [3.8, 4) is 0 Å². The van der Waals surface area contributed by atoms with E-state index < -0.39 is 6.09 Å². The molecule has 3 aromatic carbocycles. The van der Waals surface area contributed by atoms with Crippen molar-refractivity contribution in [1.29, 1.82) is 0 Å². The number of carbonyl (C=O) groups excluding carboxylic acids is 3. The molecule has 1 fully saturated rings. The summed E-state index contributed by atoms with van der Waals surface area (Å²) in [5.41, 5.74) is 3.00. The fourth-order valence-electron chi connectivity index (χ4n) is 5.74. The lowest BCUT2D eigenvalue weighted by Crippen LogP contribution is -2.48. The quantitative estimate of drug-likeness (QED) is 0.179. The Bertz CT molecular complexity index is 1330. The van der Waals surface area contributed by atoms with Gasteiger partial charge in [-0.15, -0.1) is 0 Å². The van der Waals surface area contributed by atoms with Crippen molar-refractivity contribution in [3.05, 3.63) is 107 Å². The van der Waals surface area contributed by atoms with Crippen LogP contribution in [0, 0.1) is 0 Å². The number of likely N-dealkylation sites (tertiary alicyclic amines) is 1. The van der Waals surface area contributed by atoms with Gasteiger partial charge in [0.15, 0.2) is 0 Å². The van der Waals surface area contributed by atoms with Crippen molar-refractivity contribution in [1.82, 2.24) is 15.1 Å². The van der Waals surface area contributed by atoms with Crippen LogP contribution >= 0.6 is 0 Å². The largest absolute Gasteiger partial charge is 0.446 e. The number of alkyl carbamates (subject to hydrolysis) is 1. The second-order valence-corrected chi connectivity index (χ2v) is 12.1. The van der Waals surface area contributed by atoms with Crippen LogP contribution in [0.3, 0.4) is 0 Å². The summed E-state index contributed by atoms with van der Waals surface area (Å²) in [7, 11) is 4.18. The predicted octanol–water partition coefficient (Wildman–Crippen LogP) is 4.36. The van der Waals surface area contributed by atoms with Gasteiger partial charge in [-0.1, -0.05) is 72.8 Å². The van der Waals surface area contributed by atoms with Gasteiger partial charge in [-0.25, -0.2) is 4.79 Å². The summed E-state index contributed by atoms with van der Waals surface area (Å²) in [5.74, 6) is -0.416. The molecule has 1 N–H and O–H groups in total. The molecule has 1 saturated heterocycles.